The van der Waals surface area contributed by atoms with Crippen LogP contribution in [0, 0.1) is 11.8 Å². The lowest BCUT2D eigenvalue weighted by molar-refractivity contribution is -0.136. The van der Waals surface area contributed by atoms with E-state index in [1.54, 1.807) is 18.1 Å². The first kappa shape index (κ1) is 23.3. The molecular weight excluding hydrogens is 473 g/mol. The Kier molecular flexibility index (Phi) is 6.34. The van der Waals surface area contributed by atoms with Gasteiger partial charge >= 0.3 is 0 Å². The molecule has 7 heteroatoms. The average Bonchev–Trinajstić information content (AvgIpc) is 3.11. The Balaban J connectivity index is 1.48. The summed E-state index contributed by atoms with van der Waals surface area (Å²) in [6, 6.07) is 14.6. The van der Waals surface area contributed by atoms with Crippen LogP contribution in [0.4, 0.5) is 0 Å². The third-order valence-corrected chi connectivity index (χ3v) is 8.11. The number of nitrogens with zero attached hydrogens (tertiary/aromatic N) is 1. The number of ether oxygens (including phenoxy) is 2. The topological polar surface area (TPSA) is 55.8 Å². The summed E-state index contributed by atoms with van der Waals surface area (Å²) in [6.45, 7) is 2.51. The van der Waals surface area contributed by atoms with E-state index < -0.39 is 6.04 Å². The molecule has 0 radical (unpaired) electrons. The van der Waals surface area contributed by atoms with Gasteiger partial charge in [0, 0.05) is 16.9 Å². The number of hydrogen-bond acceptors (Lipinski definition) is 4. The van der Waals surface area contributed by atoms with E-state index >= 15 is 0 Å². The second-order valence-electron chi connectivity index (χ2n) is 9.39. The number of carbonyl (C=O) groups is 2. The van der Waals surface area contributed by atoms with Crippen molar-refractivity contribution in [1.82, 2.24) is 4.90 Å². The number of rotatable bonds is 5. The molecule has 1 fully saturated rings. The summed E-state index contributed by atoms with van der Waals surface area (Å²) in [5.41, 5.74) is 2.33. The first-order valence-corrected chi connectivity index (χ1v) is 12.5. The van der Waals surface area contributed by atoms with Crippen LogP contribution in [-0.4, -0.2) is 41.7 Å². The predicted molar refractivity (Wildman–Crippen MR) is 131 cm³/mol. The van der Waals surface area contributed by atoms with E-state index in [0.717, 1.165) is 16.9 Å². The zero-order valence-electron chi connectivity index (χ0n) is 19.2. The summed E-state index contributed by atoms with van der Waals surface area (Å²) in [5.74, 6) is 0.627. The molecule has 2 aromatic carbocycles. The van der Waals surface area contributed by atoms with Gasteiger partial charge < -0.3 is 14.4 Å². The van der Waals surface area contributed by atoms with Gasteiger partial charge in [0.25, 0.3) is 5.91 Å². The number of benzene rings is 2. The zero-order valence-corrected chi connectivity index (χ0v) is 20.7. The zero-order chi connectivity index (χ0) is 24.0. The van der Waals surface area contributed by atoms with Crippen molar-refractivity contribution in [1.29, 1.82) is 0 Å². The molecule has 0 saturated heterocycles. The number of Topliss-reactive ketones (excluding diaryl/α,β-unsaturated/α-hetero) is 1. The molecule has 5 atom stereocenters. The van der Waals surface area contributed by atoms with E-state index in [0.29, 0.717) is 36.4 Å². The van der Waals surface area contributed by atoms with E-state index in [1.807, 2.05) is 42.5 Å². The number of alkyl halides is 1. The van der Waals surface area contributed by atoms with Gasteiger partial charge in [0.05, 0.1) is 24.6 Å². The van der Waals surface area contributed by atoms with Crippen LogP contribution in [0.15, 0.2) is 59.9 Å². The van der Waals surface area contributed by atoms with E-state index in [1.165, 1.54) is 0 Å². The van der Waals surface area contributed by atoms with Gasteiger partial charge in [0.2, 0.25) is 0 Å². The highest BCUT2D eigenvalue weighted by atomic mass is 35.5. The van der Waals surface area contributed by atoms with Crippen LogP contribution in [0.25, 0.3) is 0 Å². The minimum atomic E-state index is -0.527. The Hall–Kier alpha value is -2.50. The van der Waals surface area contributed by atoms with Gasteiger partial charge in [-0.3, -0.25) is 9.59 Å². The van der Waals surface area contributed by atoms with Crippen molar-refractivity contribution >= 4 is 34.9 Å². The van der Waals surface area contributed by atoms with Crippen LogP contribution in [-0.2, 0) is 20.7 Å². The molecule has 5 nitrogen and oxygen atoms in total. The summed E-state index contributed by atoms with van der Waals surface area (Å²) in [5, 5.41) is 0.479. The monoisotopic (exact) mass is 499 g/mol. The maximum Gasteiger partial charge on any atom is 0.290 e. The van der Waals surface area contributed by atoms with Crippen LogP contribution in [0.1, 0.15) is 36.9 Å². The molecule has 1 saturated carbocycles. The molecule has 2 aliphatic heterocycles. The molecule has 2 heterocycles. The number of methoxy groups -OCH3 is 1. The van der Waals surface area contributed by atoms with Crippen molar-refractivity contribution in [3.8, 4) is 5.75 Å². The van der Waals surface area contributed by atoms with Crippen LogP contribution < -0.4 is 4.74 Å². The van der Waals surface area contributed by atoms with Crippen molar-refractivity contribution in [3.05, 3.63) is 76.0 Å². The largest absolute Gasteiger partial charge is 0.497 e. The molecule has 0 N–H and O–H groups in total. The van der Waals surface area contributed by atoms with E-state index in [9.17, 15) is 9.59 Å². The van der Waals surface area contributed by atoms with Gasteiger partial charge in [0.1, 0.15) is 11.9 Å². The fraction of sp³-hybridized carbons (Fsp3) is 0.407. The van der Waals surface area contributed by atoms with Crippen molar-refractivity contribution in [3.63, 3.8) is 0 Å². The first-order valence-electron chi connectivity index (χ1n) is 11.7. The maximum atomic E-state index is 13.8. The summed E-state index contributed by atoms with van der Waals surface area (Å²) in [6.07, 6.45) is 1.56. The molecule has 0 bridgehead atoms. The van der Waals surface area contributed by atoms with E-state index in [4.69, 9.17) is 32.7 Å². The predicted octanol–water partition coefficient (Wildman–Crippen LogP) is 5.35. The highest BCUT2D eigenvalue weighted by molar-refractivity contribution is 6.30. The van der Waals surface area contributed by atoms with Crippen molar-refractivity contribution < 1.29 is 19.1 Å². The smallest absolute Gasteiger partial charge is 0.290 e. The summed E-state index contributed by atoms with van der Waals surface area (Å²) in [4.78, 5) is 29.1. The molecule has 2 aromatic rings. The molecule has 1 amide bonds. The van der Waals surface area contributed by atoms with E-state index in [2.05, 4.69) is 6.92 Å². The maximum absolute atomic E-state index is 13.8. The van der Waals surface area contributed by atoms with E-state index in [-0.39, 0.29) is 40.8 Å². The molecule has 178 valence electrons. The minimum Gasteiger partial charge on any atom is -0.497 e. The Morgan fingerprint density at radius 3 is 2.59 bits per heavy atom. The number of amides is 1. The molecule has 5 rings (SSSR count). The van der Waals surface area contributed by atoms with Crippen LogP contribution in [0.2, 0.25) is 5.02 Å². The molecule has 0 spiro atoms. The SMILES string of the molecule is COc1ccc(CCN2C(=O)C3=C(C(=O)C4CC(Cl)C(C)CC4O3)C2c2cccc(Cl)c2)cc1. The Labute approximate surface area is 209 Å². The Bertz CT molecular complexity index is 1150. The lowest BCUT2D eigenvalue weighted by Gasteiger charge is -2.40. The highest BCUT2D eigenvalue weighted by Crippen LogP contribution is 2.48. The Morgan fingerprint density at radius 2 is 1.88 bits per heavy atom. The summed E-state index contributed by atoms with van der Waals surface area (Å²) >= 11 is 12.8. The van der Waals surface area contributed by atoms with Gasteiger partial charge in [0.15, 0.2) is 11.5 Å². The number of halogens is 2. The summed E-state index contributed by atoms with van der Waals surface area (Å²) < 4.78 is 11.5. The standard InChI is InChI=1S/C27H27Cl2NO4/c1-15-12-22-20(14-21(15)29)25(31)23-24(17-4-3-5-18(28)13-17)30(27(32)26(23)34-22)11-10-16-6-8-19(33-2)9-7-16/h3-9,13,15,20-22,24H,10-12,14H2,1-2H3. The quantitative estimate of drug-likeness (QED) is 0.520. The van der Waals surface area contributed by atoms with Crippen molar-refractivity contribution in [2.75, 3.05) is 13.7 Å². The molecule has 3 aliphatic rings. The number of fused-ring (bicyclic) bond motifs is 1. The molecule has 5 unspecified atom stereocenters. The lowest BCUT2D eigenvalue weighted by atomic mass is 9.74. The van der Waals surface area contributed by atoms with Gasteiger partial charge in [-0.2, -0.15) is 0 Å². The fourth-order valence-electron chi connectivity index (χ4n) is 5.36. The minimum absolute atomic E-state index is 0.0194. The second-order valence-corrected chi connectivity index (χ2v) is 10.4. The Morgan fingerprint density at radius 1 is 1.12 bits per heavy atom. The van der Waals surface area contributed by atoms with Crippen LogP contribution >= 0.6 is 23.2 Å². The second kappa shape index (κ2) is 9.27. The lowest BCUT2D eigenvalue weighted by Crippen LogP contribution is -2.44. The third kappa shape index (κ3) is 4.09. The molecule has 0 aromatic heterocycles. The van der Waals surface area contributed by atoms with Gasteiger partial charge in [-0.1, -0.05) is 42.8 Å². The van der Waals surface area contributed by atoms with Crippen LogP contribution in [0.3, 0.4) is 0 Å². The van der Waals surface area contributed by atoms with Gasteiger partial charge in [-0.25, -0.2) is 0 Å². The number of hydrogen-bond donors (Lipinski definition) is 0. The highest BCUT2D eigenvalue weighted by Gasteiger charge is 2.53. The molecular formula is C27H27Cl2NO4. The molecule has 34 heavy (non-hydrogen) atoms. The fourth-order valence-corrected chi connectivity index (χ4v) is 5.85. The first-order chi connectivity index (χ1) is 16.4. The van der Waals surface area contributed by atoms with Crippen molar-refractivity contribution in [2.45, 2.75) is 43.7 Å². The number of carbonyl (C=O) groups excluding carboxylic acids is 2. The van der Waals surface area contributed by atoms with Gasteiger partial charge in [-0.15, -0.1) is 11.6 Å². The van der Waals surface area contributed by atoms with Crippen molar-refractivity contribution in [2.24, 2.45) is 11.8 Å². The normalized spacial score (nSPS) is 28.5. The van der Waals surface area contributed by atoms with Crippen LogP contribution in [0.5, 0.6) is 5.75 Å². The third-order valence-electron chi connectivity index (χ3n) is 7.27. The summed E-state index contributed by atoms with van der Waals surface area (Å²) in [7, 11) is 1.63. The van der Waals surface area contributed by atoms with Gasteiger partial charge in [-0.05, 0) is 60.6 Å². The number of ketones is 1. The molecule has 1 aliphatic carbocycles. The average molecular weight is 500 g/mol.